The maximum atomic E-state index is 13.3. The van der Waals surface area contributed by atoms with Crippen molar-refractivity contribution in [3.63, 3.8) is 0 Å². The second kappa shape index (κ2) is 5.85. The summed E-state index contributed by atoms with van der Waals surface area (Å²) in [4.78, 5) is 18.2. The smallest absolute Gasteiger partial charge is 0.233 e. The first-order chi connectivity index (χ1) is 10.6. The highest BCUT2D eigenvalue weighted by molar-refractivity contribution is 6.01. The number of benzene rings is 1. The van der Waals surface area contributed by atoms with Crippen molar-refractivity contribution in [2.24, 2.45) is 0 Å². The third-order valence-corrected chi connectivity index (χ3v) is 3.88. The summed E-state index contributed by atoms with van der Waals surface area (Å²) < 4.78 is 18.3. The number of amides is 1. The third kappa shape index (κ3) is 2.60. The van der Waals surface area contributed by atoms with E-state index < -0.39 is 0 Å². The molecule has 4 nitrogen and oxygen atoms in total. The first kappa shape index (κ1) is 14.7. The number of aromatic nitrogens is 1. The van der Waals surface area contributed by atoms with Crippen LogP contribution in [0.2, 0.25) is 0 Å². The molecule has 2 heterocycles. The number of methoxy groups -OCH3 is 1. The molecule has 0 bridgehead atoms. The molecular weight excluding hydrogens is 283 g/mol. The van der Waals surface area contributed by atoms with Gasteiger partial charge in [0.15, 0.2) is 0 Å². The zero-order chi connectivity index (χ0) is 15.7. The Morgan fingerprint density at radius 3 is 2.91 bits per heavy atom. The fraction of sp³-hybridized carbons (Fsp3) is 0.294. The van der Waals surface area contributed by atoms with Crippen LogP contribution in [0.1, 0.15) is 11.3 Å². The zero-order valence-electron chi connectivity index (χ0n) is 12.6. The maximum absolute atomic E-state index is 13.3. The van der Waals surface area contributed by atoms with Gasteiger partial charge in [0.05, 0.1) is 24.4 Å². The van der Waals surface area contributed by atoms with Crippen LogP contribution >= 0.6 is 0 Å². The predicted molar refractivity (Wildman–Crippen MR) is 82.3 cm³/mol. The summed E-state index contributed by atoms with van der Waals surface area (Å²) in [7, 11) is 1.61. The minimum atomic E-state index is -0.257. The first-order valence-corrected chi connectivity index (χ1v) is 7.15. The number of halogens is 1. The van der Waals surface area contributed by atoms with Crippen molar-refractivity contribution in [2.75, 3.05) is 25.2 Å². The van der Waals surface area contributed by atoms with E-state index >= 15 is 0 Å². The molecule has 1 amide bonds. The van der Waals surface area contributed by atoms with Crippen molar-refractivity contribution in [1.29, 1.82) is 0 Å². The molecule has 1 aromatic heterocycles. The van der Waals surface area contributed by atoms with Gasteiger partial charge in [-0.05, 0) is 36.2 Å². The molecule has 114 valence electrons. The van der Waals surface area contributed by atoms with Crippen LogP contribution in [0.4, 0.5) is 10.1 Å². The maximum Gasteiger partial charge on any atom is 0.233 e. The number of anilines is 1. The van der Waals surface area contributed by atoms with Gasteiger partial charge in [0.1, 0.15) is 5.82 Å². The van der Waals surface area contributed by atoms with E-state index in [1.807, 2.05) is 13.0 Å². The standard InChI is InChI=1S/C17H17FN2O2/c1-11-7-13(18)3-4-14(11)12-8-16-15(19-10-12)9-17(21)20(16)5-6-22-2/h3-4,7-8,10H,5-6,9H2,1-2H3. The lowest BCUT2D eigenvalue weighted by Gasteiger charge is -2.17. The van der Waals surface area contributed by atoms with Crippen LogP contribution in [-0.4, -0.2) is 31.2 Å². The second-order valence-electron chi connectivity index (χ2n) is 5.36. The molecule has 0 saturated heterocycles. The molecule has 5 heteroatoms. The average Bonchev–Trinajstić information content (AvgIpc) is 2.80. The van der Waals surface area contributed by atoms with Gasteiger partial charge in [-0.25, -0.2) is 4.39 Å². The minimum absolute atomic E-state index is 0.0347. The van der Waals surface area contributed by atoms with Crippen LogP contribution in [0.3, 0.4) is 0 Å². The normalized spacial score (nSPS) is 13.6. The number of nitrogens with zero attached hydrogens (tertiary/aromatic N) is 2. The van der Waals surface area contributed by atoms with Crippen LogP contribution in [0.5, 0.6) is 0 Å². The Hall–Kier alpha value is -2.27. The Labute approximate surface area is 128 Å². The van der Waals surface area contributed by atoms with Gasteiger partial charge in [-0.3, -0.25) is 9.78 Å². The lowest BCUT2D eigenvalue weighted by atomic mass is 10.0. The highest BCUT2D eigenvalue weighted by Gasteiger charge is 2.28. The van der Waals surface area contributed by atoms with E-state index in [0.717, 1.165) is 28.1 Å². The van der Waals surface area contributed by atoms with E-state index in [9.17, 15) is 9.18 Å². The molecule has 0 spiro atoms. The number of pyridine rings is 1. The van der Waals surface area contributed by atoms with E-state index in [-0.39, 0.29) is 11.7 Å². The predicted octanol–water partition coefficient (Wildman–Crippen LogP) is 2.73. The lowest BCUT2D eigenvalue weighted by Crippen LogP contribution is -2.30. The first-order valence-electron chi connectivity index (χ1n) is 7.15. The highest BCUT2D eigenvalue weighted by atomic mass is 19.1. The number of rotatable bonds is 4. The molecule has 0 saturated carbocycles. The van der Waals surface area contributed by atoms with Gasteiger partial charge in [-0.2, -0.15) is 0 Å². The number of ether oxygens (including phenoxy) is 1. The molecule has 0 radical (unpaired) electrons. The number of aryl methyl sites for hydroxylation is 1. The van der Waals surface area contributed by atoms with Gasteiger partial charge in [-0.1, -0.05) is 6.07 Å². The number of hydrogen-bond donors (Lipinski definition) is 0. The van der Waals surface area contributed by atoms with Crippen LogP contribution in [0.25, 0.3) is 11.1 Å². The summed E-state index contributed by atoms with van der Waals surface area (Å²) in [6.07, 6.45) is 2.06. The number of fused-ring (bicyclic) bond motifs is 1. The SMILES string of the molecule is COCCN1C(=O)Cc2ncc(-c3ccc(F)cc3C)cc21. The van der Waals surface area contributed by atoms with Crippen molar-refractivity contribution in [2.45, 2.75) is 13.3 Å². The topological polar surface area (TPSA) is 42.4 Å². The molecule has 1 aromatic carbocycles. The van der Waals surface area contributed by atoms with Crippen molar-refractivity contribution in [1.82, 2.24) is 4.98 Å². The summed E-state index contributed by atoms with van der Waals surface area (Å²) in [5, 5.41) is 0. The molecular formula is C17H17FN2O2. The Morgan fingerprint density at radius 1 is 1.36 bits per heavy atom. The van der Waals surface area contributed by atoms with E-state index in [0.29, 0.717) is 19.6 Å². The van der Waals surface area contributed by atoms with Crippen LogP contribution in [-0.2, 0) is 16.0 Å². The van der Waals surface area contributed by atoms with Crippen LogP contribution < -0.4 is 4.90 Å². The van der Waals surface area contributed by atoms with Crippen LogP contribution in [0, 0.1) is 12.7 Å². The Balaban J connectivity index is 2.00. The Morgan fingerprint density at radius 2 is 2.18 bits per heavy atom. The lowest BCUT2D eigenvalue weighted by molar-refractivity contribution is -0.117. The zero-order valence-corrected chi connectivity index (χ0v) is 12.6. The number of hydrogen-bond acceptors (Lipinski definition) is 3. The molecule has 2 aromatic rings. The largest absolute Gasteiger partial charge is 0.383 e. The molecule has 0 N–H and O–H groups in total. The van der Waals surface area contributed by atoms with E-state index in [4.69, 9.17) is 4.74 Å². The van der Waals surface area contributed by atoms with Gasteiger partial charge in [0, 0.05) is 25.4 Å². The molecule has 0 aliphatic carbocycles. The molecule has 0 atom stereocenters. The Bertz CT molecular complexity index is 731. The molecule has 22 heavy (non-hydrogen) atoms. The summed E-state index contributed by atoms with van der Waals surface area (Å²) in [5.41, 5.74) is 4.25. The second-order valence-corrected chi connectivity index (χ2v) is 5.36. The van der Waals surface area contributed by atoms with E-state index in [1.165, 1.54) is 12.1 Å². The van der Waals surface area contributed by atoms with Gasteiger partial charge in [0.25, 0.3) is 0 Å². The van der Waals surface area contributed by atoms with Crippen molar-refractivity contribution in [3.05, 3.63) is 47.5 Å². The van der Waals surface area contributed by atoms with Crippen molar-refractivity contribution in [3.8, 4) is 11.1 Å². The molecule has 0 fully saturated rings. The summed E-state index contributed by atoms with van der Waals surface area (Å²) >= 11 is 0. The van der Waals surface area contributed by atoms with Crippen molar-refractivity contribution < 1.29 is 13.9 Å². The molecule has 3 rings (SSSR count). The van der Waals surface area contributed by atoms with E-state index in [1.54, 1.807) is 24.3 Å². The fourth-order valence-electron chi connectivity index (χ4n) is 2.75. The summed E-state index contributed by atoms with van der Waals surface area (Å²) in [5.74, 6) is -0.222. The number of carbonyl (C=O) groups is 1. The van der Waals surface area contributed by atoms with Crippen LogP contribution in [0.15, 0.2) is 30.5 Å². The van der Waals surface area contributed by atoms with Gasteiger partial charge in [0.2, 0.25) is 5.91 Å². The average molecular weight is 300 g/mol. The summed E-state index contributed by atoms with van der Waals surface area (Å²) in [6.45, 7) is 2.85. The molecule has 0 unspecified atom stereocenters. The van der Waals surface area contributed by atoms with Gasteiger partial charge < -0.3 is 9.64 Å². The third-order valence-electron chi connectivity index (χ3n) is 3.88. The molecule has 1 aliphatic heterocycles. The quantitative estimate of drug-likeness (QED) is 0.872. The number of carbonyl (C=O) groups excluding carboxylic acids is 1. The highest BCUT2D eigenvalue weighted by Crippen LogP contribution is 2.32. The Kier molecular flexibility index (Phi) is 3.90. The summed E-state index contributed by atoms with van der Waals surface area (Å²) in [6, 6.07) is 6.62. The monoisotopic (exact) mass is 300 g/mol. The van der Waals surface area contributed by atoms with Crippen molar-refractivity contribution >= 4 is 11.6 Å². The molecule has 1 aliphatic rings. The van der Waals surface area contributed by atoms with Gasteiger partial charge >= 0.3 is 0 Å². The van der Waals surface area contributed by atoms with Gasteiger partial charge in [-0.15, -0.1) is 0 Å². The minimum Gasteiger partial charge on any atom is -0.383 e. The fourth-order valence-corrected chi connectivity index (χ4v) is 2.75. The van der Waals surface area contributed by atoms with E-state index in [2.05, 4.69) is 4.98 Å².